The van der Waals surface area contributed by atoms with Crippen molar-refractivity contribution >= 4 is 5.69 Å². The van der Waals surface area contributed by atoms with Gasteiger partial charge in [-0.1, -0.05) is 0 Å². The highest BCUT2D eigenvalue weighted by atomic mass is 16.7. The van der Waals surface area contributed by atoms with E-state index in [1.807, 2.05) is 0 Å². The van der Waals surface area contributed by atoms with Crippen LogP contribution in [0.15, 0.2) is 29.6 Å². The number of rotatable bonds is 4. The molecule has 1 aromatic carbocycles. The van der Waals surface area contributed by atoms with E-state index < -0.39 is 4.92 Å². The Morgan fingerprint density at radius 3 is 2.46 bits per heavy atom. The number of nitrogens with zero attached hydrogens (tertiary/aromatic N) is 2. The van der Waals surface area contributed by atoms with E-state index in [1.54, 1.807) is 0 Å². The van der Waals surface area contributed by atoms with Crippen molar-refractivity contribution in [3.63, 3.8) is 0 Å². The number of hydrogen-bond donors (Lipinski definition) is 0. The molecule has 0 aromatic heterocycles. The molecule has 0 N–H and O–H groups in total. The number of benzene rings is 1. The summed E-state index contributed by atoms with van der Waals surface area (Å²) in [6.45, 7) is 0.0293. The normalized spacial score (nSPS) is 9.23. The van der Waals surface area contributed by atoms with Crippen molar-refractivity contribution in [3.8, 4) is 0 Å². The molecule has 0 radical (unpaired) electrons. The van der Waals surface area contributed by atoms with Gasteiger partial charge in [0.05, 0.1) is 4.92 Å². The lowest BCUT2D eigenvalue weighted by atomic mass is 10.2. The van der Waals surface area contributed by atoms with Gasteiger partial charge in [-0.25, -0.2) is 0 Å². The van der Waals surface area contributed by atoms with Crippen LogP contribution in [0, 0.1) is 15.0 Å². The second-order valence-corrected chi connectivity index (χ2v) is 2.27. The standard InChI is InChI=1S/C7H6N2O4/c10-8-13-5-6-1-3-7(4-2-6)9(11)12/h1-4H,5H2. The summed E-state index contributed by atoms with van der Waals surface area (Å²) in [5, 5.41) is 12.4. The first-order valence-corrected chi connectivity index (χ1v) is 3.42. The molecule has 0 fully saturated rings. The van der Waals surface area contributed by atoms with Gasteiger partial charge in [0.15, 0.2) is 5.34 Å². The fourth-order valence-electron chi connectivity index (χ4n) is 0.815. The Balaban J connectivity index is 2.69. The fraction of sp³-hybridized carbons (Fsp3) is 0.143. The van der Waals surface area contributed by atoms with Gasteiger partial charge in [0.2, 0.25) is 0 Å². The van der Waals surface area contributed by atoms with Crippen LogP contribution in [-0.4, -0.2) is 4.92 Å². The lowest BCUT2D eigenvalue weighted by Crippen LogP contribution is -1.89. The van der Waals surface area contributed by atoms with Crippen LogP contribution < -0.4 is 0 Å². The van der Waals surface area contributed by atoms with Crippen molar-refractivity contribution in [3.05, 3.63) is 44.9 Å². The molecule has 0 atom stereocenters. The van der Waals surface area contributed by atoms with Crippen molar-refractivity contribution in [1.29, 1.82) is 0 Å². The van der Waals surface area contributed by atoms with Crippen molar-refractivity contribution < 1.29 is 9.76 Å². The highest BCUT2D eigenvalue weighted by Gasteiger charge is 2.03. The van der Waals surface area contributed by atoms with E-state index in [9.17, 15) is 15.0 Å². The van der Waals surface area contributed by atoms with Crippen LogP contribution in [0.3, 0.4) is 0 Å². The second kappa shape index (κ2) is 4.15. The number of nitro groups is 1. The Morgan fingerprint density at radius 1 is 1.38 bits per heavy atom. The van der Waals surface area contributed by atoms with Gasteiger partial charge in [-0.15, -0.1) is 4.91 Å². The molecule has 0 unspecified atom stereocenters. The molecular weight excluding hydrogens is 176 g/mol. The molecule has 68 valence electrons. The van der Waals surface area contributed by atoms with Crippen molar-refractivity contribution in [1.82, 2.24) is 0 Å². The van der Waals surface area contributed by atoms with E-state index in [1.165, 1.54) is 24.3 Å². The molecule has 13 heavy (non-hydrogen) atoms. The van der Waals surface area contributed by atoms with Gasteiger partial charge < -0.3 is 4.84 Å². The average Bonchev–Trinajstić information content (AvgIpc) is 2.15. The summed E-state index contributed by atoms with van der Waals surface area (Å²) in [7, 11) is 0. The maximum atomic E-state index is 10.2. The first kappa shape index (κ1) is 9.11. The lowest BCUT2D eigenvalue weighted by molar-refractivity contribution is -0.384. The summed E-state index contributed by atoms with van der Waals surface area (Å²) in [6.07, 6.45) is 0. The molecule has 0 bridgehead atoms. The van der Waals surface area contributed by atoms with Crippen LogP contribution in [0.4, 0.5) is 5.69 Å². The number of hydrogen-bond acceptors (Lipinski definition) is 5. The molecule has 1 aromatic rings. The third kappa shape index (κ3) is 2.51. The molecule has 1 rings (SSSR count). The van der Waals surface area contributed by atoms with Gasteiger partial charge >= 0.3 is 0 Å². The summed E-state index contributed by atoms with van der Waals surface area (Å²) in [5.74, 6) is 0. The Kier molecular flexibility index (Phi) is 2.91. The SMILES string of the molecule is O=NOCc1ccc([N+](=O)[O-])cc1. The summed E-state index contributed by atoms with van der Waals surface area (Å²) in [5.41, 5.74) is 0.660. The van der Waals surface area contributed by atoms with Crippen molar-refractivity contribution in [2.24, 2.45) is 5.34 Å². The maximum Gasteiger partial charge on any atom is 0.269 e. The zero-order valence-electron chi connectivity index (χ0n) is 6.54. The van der Waals surface area contributed by atoms with Crippen molar-refractivity contribution in [2.45, 2.75) is 6.61 Å². The molecule has 6 nitrogen and oxygen atoms in total. The van der Waals surface area contributed by atoms with Crippen LogP contribution in [0.1, 0.15) is 5.56 Å². The molecule has 0 aliphatic rings. The van der Waals surface area contributed by atoms with Crippen LogP contribution in [-0.2, 0) is 11.4 Å². The quantitative estimate of drug-likeness (QED) is 0.403. The minimum atomic E-state index is -0.497. The molecule has 0 spiro atoms. The van der Waals surface area contributed by atoms with Gasteiger partial charge in [0, 0.05) is 12.1 Å². The van der Waals surface area contributed by atoms with Crippen molar-refractivity contribution in [2.75, 3.05) is 0 Å². The average molecular weight is 182 g/mol. The van der Waals surface area contributed by atoms with Gasteiger partial charge in [0.25, 0.3) is 5.69 Å². The highest BCUT2D eigenvalue weighted by molar-refractivity contribution is 5.32. The molecular formula is C7H6N2O4. The zero-order chi connectivity index (χ0) is 9.68. The van der Waals surface area contributed by atoms with E-state index in [0.717, 1.165) is 0 Å². The van der Waals surface area contributed by atoms with Crippen LogP contribution in [0.5, 0.6) is 0 Å². The molecule has 6 heteroatoms. The zero-order valence-corrected chi connectivity index (χ0v) is 6.54. The minimum Gasteiger partial charge on any atom is -0.359 e. The largest absolute Gasteiger partial charge is 0.359 e. The highest BCUT2D eigenvalue weighted by Crippen LogP contribution is 2.12. The van der Waals surface area contributed by atoms with Gasteiger partial charge in [-0.3, -0.25) is 10.1 Å². The first-order valence-electron chi connectivity index (χ1n) is 3.42. The summed E-state index contributed by atoms with van der Waals surface area (Å²) >= 11 is 0. The van der Waals surface area contributed by atoms with Gasteiger partial charge in [-0.05, 0) is 17.7 Å². The number of nitro benzene ring substituents is 1. The minimum absolute atomic E-state index is 0.00260. The molecule has 0 heterocycles. The lowest BCUT2D eigenvalue weighted by Gasteiger charge is -1.96. The maximum absolute atomic E-state index is 10.2. The molecule has 0 amide bonds. The second-order valence-electron chi connectivity index (χ2n) is 2.27. The Labute approximate surface area is 73.2 Å². The molecule has 0 saturated heterocycles. The van der Waals surface area contributed by atoms with E-state index in [2.05, 4.69) is 10.2 Å². The van der Waals surface area contributed by atoms with E-state index >= 15 is 0 Å². The molecule has 0 aliphatic heterocycles. The molecule has 0 saturated carbocycles. The first-order chi connectivity index (χ1) is 6.24. The van der Waals surface area contributed by atoms with Crippen LogP contribution in [0.2, 0.25) is 0 Å². The summed E-state index contributed by atoms with van der Waals surface area (Å²) < 4.78 is 0. The van der Waals surface area contributed by atoms with E-state index in [-0.39, 0.29) is 12.3 Å². The van der Waals surface area contributed by atoms with E-state index in [0.29, 0.717) is 5.56 Å². The van der Waals surface area contributed by atoms with E-state index in [4.69, 9.17) is 0 Å². The summed E-state index contributed by atoms with van der Waals surface area (Å²) in [6, 6.07) is 5.68. The smallest absolute Gasteiger partial charge is 0.269 e. The summed E-state index contributed by atoms with van der Waals surface area (Å²) in [4.78, 5) is 23.5. The van der Waals surface area contributed by atoms with Crippen LogP contribution >= 0.6 is 0 Å². The Hall–Kier alpha value is -1.98. The fourth-order valence-corrected chi connectivity index (χ4v) is 0.815. The topological polar surface area (TPSA) is 81.8 Å². The third-order valence-electron chi connectivity index (χ3n) is 1.43. The Morgan fingerprint density at radius 2 is 2.00 bits per heavy atom. The Bertz CT molecular complexity index is 309. The van der Waals surface area contributed by atoms with Gasteiger partial charge in [-0.2, -0.15) is 0 Å². The monoisotopic (exact) mass is 182 g/mol. The molecule has 0 aliphatic carbocycles. The predicted octanol–water partition coefficient (Wildman–Crippen LogP) is 1.79. The van der Waals surface area contributed by atoms with Crippen LogP contribution in [0.25, 0.3) is 0 Å². The third-order valence-corrected chi connectivity index (χ3v) is 1.43. The number of non-ortho nitro benzene ring substituents is 1. The predicted molar refractivity (Wildman–Crippen MR) is 43.7 cm³/mol. The van der Waals surface area contributed by atoms with Gasteiger partial charge in [0.1, 0.15) is 6.61 Å².